The Morgan fingerprint density at radius 2 is 1.65 bits per heavy atom. The van der Waals surface area contributed by atoms with Crippen LogP contribution in [0.3, 0.4) is 0 Å². The van der Waals surface area contributed by atoms with Gasteiger partial charge in [-0.05, 0) is 61.7 Å². The molecular weight excluding hydrogens is 424 g/mol. The summed E-state index contributed by atoms with van der Waals surface area (Å²) in [5.74, 6) is -0.333. The van der Waals surface area contributed by atoms with Gasteiger partial charge in [0.15, 0.2) is 0 Å². The van der Waals surface area contributed by atoms with Crippen LogP contribution in [0.25, 0.3) is 22.2 Å². The van der Waals surface area contributed by atoms with Crippen LogP contribution in [0.5, 0.6) is 0 Å². The Balaban J connectivity index is 1.66. The molecule has 3 aromatic carbocycles. The molecule has 0 radical (unpaired) electrons. The summed E-state index contributed by atoms with van der Waals surface area (Å²) in [7, 11) is 0. The fraction of sp³-hybridized carbons (Fsp3) is 0.207. The van der Waals surface area contributed by atoms with Crippen LogP contribution >= 0.6 is 0 Å². The van der Waals surface area contributed by atoms with Crippen LogP contribution in [0, 0.1) is 19.8 Å². The van der Waals surface area contributed by atoms with Crippen molar-refractivity contribution in [3.63, 3.8) is 0 Å². The van der Waals surface area contributed by atoms with Crippen LogP contribution in [-0.2, 0) is 4.74 Å². The van der Waals surface area contributed by atoms with Crippen LogP contribution < -0.4 is 5.32 Å². The number of aryl methyl sites for hydroxylation is 2. The average molecular weight is 453 g/mol. The minimum atomic E-state index is -0.370. The maximum absolute atomic E-state index is 13.4. The van der Waals surface area contributed by atoms with E-state index < -0.39 is 0 Å². The lowest BCUT2D eigenvalue weighted by molar-refractivity contribution is 0.0459. The normalized spacial score (nSPS) is 11.0. The molecule has 5 heteroatoms. The summed E-state index contributed by atoms with van der Waals surface area (Å²) in [5.41, 5.74) is 6.18. The third kappa shape index (κ3) is 5.15. The first kappa shape index (κ1) is 23.2. The number of carbonyl (C=O) groups is 2. The number of hydrogen-bond acceptors (Lipinski definition) is 4. The quantitative estimate of drug-likeness (QED) is 0.335. The molecule has 0 aliphatic heterocycles. The van der Waals surface area contributed by atoms with Crippen LogP contribution in [0.15, 0.2) is 72.8 Å². The summed E-state index contributed by atoms with van der Waals surface area (Å²) < 4.78 is 5.27. The lowest BCUT2D eigenvalue weighted by Crippen LogP contribution is -2.14. The number of nitrogens with zero attached hydrogens (tertiary/aromatic N) is 1. The number of pyridine rings is 1. The SMILES string of the molecule is Cc1cc(C)c2nc(-c3ccccc3)cc(C(=O)Nc3ccc(C(=O)OCC(C)C)cc3)c2c1. The molecule has 5 nitrogen and oxygen atoms in total. The number of amides is 1. The number of aromatic nitrogens is 1. The zero-order chi connectivity index (χ0) is 24.2. The van der Waals surface area contributed by atoms with Gasteiger partial charge in [0.1, 0.15) is 0 Å². The summed E-state index contributed by atoms with van der Waals surface area (Å²) >= 11 is 0. The highest BCUT2D eigenvalue weighted by Crippen LogP contribution is 2.28. The van der Waals surface area contributed by atoms with Crippen molar-refractivity contribution in [2.24, 2.45) is 5.92 Å². The van der Waals surface area contributed by atoms with Gasteiger partial charge in [-0.2, -0.15) is 0 Å². The molecule has 4 rings (SSSR count). The molecule has 0 aliphatic rings. The molecule has 0 saturated heterocycles. The van der Waals surface area contributed by atoms with Crippen LogP contribution in [0.4, 0.5) is 5.69 Å². The molecule has 0 saturated carbocycles. The second-order valence-electron chi connectivity index (χ2n) is 8.92. The summed E-state index contributed by atoms with van der Waals surface area (Å²) in [4.78, 5) is 30.4. The first-order chi connectivity index (χ1) is 16.3. The predicted molar refractivity (Wildman–Crippen MR) is 136 cm³/mol. The van der Waals surface area contributed by atoms with Crippen molar-refractivity contribution in [2.45, 2.75) is 27.7 Å². The maximum atomic E-state index is 13.4. The zero-order valence-corrected chi connectivity index (χ0v) is 19.9. The first-order valence-corrected chi connectivity index (χ1v) is 11.4. The molecule has 34 heavy (non-hydrogen) atoms. The van der Waals surface area contributed by atoms with Crippen LogP contribution in [-0.4, -0.2) is 23.5 Å². The third-order valence-electron chi connectivity index (χ3n) is 5.49. The number of ether oxygens (including phenoxy) is 1. The van der Waals surface area contributed by atoms with Crippen LogP contribution in [0.2, 0.25) is 0 Å². The molecule has 0 fully saturated rings. The Bertz CT molecular complexity index is 1340. The van der Waals surface area contributed by atoms with E-state index in [-0.39, 0.29) is 17.8 Å². The van der Waals surface area contributed by atoms with Crippen molar-refractivity contribution >= 4 is 28.5 Å². The molecule has 1 aromatic heterocycles. The van der Waals surface area contributed by atoms with Gasteiger partial charge < -0.3 is 10.1 Å². The van der Waals surface area contributed by atoms with E-state index in [4.69, 9.17) is 9.72 Å². The minimum Gasteiger partial charge on any atom is -0.462 e. The van der Waals surface area contributed by atoms with E-state index in [0.717, 1.165) is 33.3 Å². The zero-order valence-electron chi connectivity index (χ0n) is 19.9. The second-order valence-corrected chi connectivity index (χ2v) is 8.92. The van der Waals surface area contributed by atoms with E-state index in [1.54, 1.807) is 24.3 Å². The van der Waals surface area contributed by atoms with Gasteiger partial charge in [0, 0.05) is 16.6 Å². The predicted octanol–water partition coefficient (Wildman–Crippen LogP) is 6.58. The standard InChI is InChI=1S/C29H28N2O3/c1-18(2)17-34-29(33)22-10-12-23(13-11-22)30-28(32)25-16-26(21-8-6-5-7-9-21)31-27-20(4)14-19(3)15-24(25)27/h5-16,18H,17H2,1-4H3,(H,30,32). The Morgan fingerprint density at radius 3 is 2.32 bits per heavy atom. The van der Waals surface area contributed by atoms with E-state index >= 15 is 0 Å². The summed E-state index contributed by atoms with van der Waals surface area (Å²) in [6, 6.07) is 22.5. The highest BCUT2D eigenvalue weighted by atomic mass is 16.5. The van der Waals surface area contributed by atoms with Gasteiger partial charge in [0.2, 0.25) is 0 Å². The molecule has 172 valence electrons. The van der Waals surface area contributed by atoms with Crippen molar-refractivity contribution in [1.82, 2.24) is 4.98 Å². The average Bonchev–Trinajstić information content (AvgIpc) is 2.83. The summed E-state index contributed by atoms with van der Waals surface area (Å²) in [5, 5.41) is 3.77. The number of fused-ring (bicyclic) bond motifs is 1. The fourth-order valence-corrected chi connectivity index (χ4v) is 3.84. The minimum absolute atomic E-state index is 0.232. The number of nitrogens with one attached hydrogen (secondary N) is 1. The summed E-state index contributed by atoms with van der Waals surface area (Å²) in [6.45, 7) is 8.36. The highest BCUT2D eigenvalue weighted by molar-refractivity contribution is 6.13. The van der Waals surface area contributed by atoms with Crippen molar-refractivity contribution in [3.05, 3.63) is 95.1 Å². The maximum Gasteiger partial charge on any atom is 0.338 e. The molecule has 0 atom stereocenters. The Hall–Kier alpha value is -3.99. The van der Waals surface area contributed by atoms with Crippen molar-refractivity contribution in [2.75, 3.05) is 11.9 Å². The van der Waals surface area contributed by atoms with Gasteiger partial charge in [0.05, 0.1) is 28.9 Å². The lowest BCUT2D eigenvalue weighted by Gasteiger charge is -2.13. The van der Waals surface area contributed by atoms with Gasteiger partial charge in [-0.1, -0.05) is 55.8 Å². The van der Waals surface area contributed by atoms with Crippen molar-refractivity contribution < 1.29 is 14.3 Å². The highest BCUT2D eigenvalue weighted by Gasteiger charge is 2.16. The smallest absolute Gasteiger partial charge is 0.338 e. The molecule has 0 unspecified atom stereocenters. The second kappa shape index (κ2) is 9.87. The van der Waals surface area contributed by atoms with Crippen LogP contribution in [0.1, 0.15) is 45.7 Å². The molecule has 0 bridgehead atoms. The van der Waals surface area contributed by atoms with E-state index in [0.29, 0.717) is 23.4 Å². The van der Waals surface area contributed by atoms with Gasteiger partial charge in [-0.25, -0.2) is 9.78 Å². The van der Waals surface area contributed by atoms with Gasteiger partial charge >= 0.3 is 5.97 Å². The number of hydrogen-bond donors (Lipinski definition) is 1. The Kier molecular flexibility index (Phi) is 6.73. The summed E-state index contributed by atoms with van der Waals surface area (Å²) in [6.07, 6.45) is 0. The molecule has 4 aromatic rings. The number of rotatable bonds is 6. The monoisotopic (exact) mass is 452 g/mol. The van der Waals surface area contributed by atoms with Crippen molar-refractivity contribution in [1.29, 1.82) is 0 Å². The molecule has 1 N–H and O–H groups in total. The molecule has 0 aliphatic carbocycles. The van der Waals surface area contributed by atoms with Gasteiger partial charge in [-0.15, -0.1) is 0 Å². The largest absolute Gasteiger partial charge is 0.462 e. The molecule has 0 spiro atoms. The van der Waals surface area contributed by atoms with E-state index in [2.05, 4.69) is 11.4 Å². The topological polar surface area (TPSA) is 68.3 Å². The fourth-order valence-electron chi connectivity index (χ4n) is 3.84. The molecule has 1 heterocycles. The Morgan fingerprint density at radius 1 is 0.941 bits per heavy atom. The van der Waals surface area contributed by atoms with E-state index in [9.17, 15) is 9.59 Å². The third-order valence-corrected chi connectivity index (χ3v) is 5.49. The lowest BCUT2D eigenvalue weighted by atomic mass is 9.99. The number of esters is 1. The number of anilines is 1. The molecule has 1 amide bonds. The van der Waals surface area contributed by atoms with E-state index in [1.165, 1.54) is 0 Å². The van der Waals surface area contributed by atoms with Gasteiger partial charge in [-0.3, -0.25) is 4.79 Å². The van der Waals surface area contributed by atoms with Crippen molar-refractivity contribution in [3.8, 4) is 11.3 Å². The first-order valence-electron chi connectivity index (χ1n) is 11.4. The van der Waals surface area contributed by atoms with Gasteiger partial charge in [0.25, 0.3) is 5.91 Å². The number of benzene rings is 3. The Labute approximate surface area is 199 Å². The molecular formula is C29H28N2O3. The number of carbonyl (C=O) groups excluding carboxylic acids is 2. The van der Waals surface area contributed by atoms with E-state index in [1.807, 2.05) is 70.2 Å².